The van der Waals surface area contributed by atoms with Crippen LogP contribution in [-0.2, 0) is 11.3 Å². The van der Waals surface area contributed by atoms with Crippen LogP contribution in [-0.4, -0.2) is 0 Å². The number of hydrogen-bond acceptors (Lipinski definition) is 0. The monoisotopic (exact) mass is 302 g/mol. The van der Waals surface area contributed by atoms with Crippen LogP contribution in [0.25, 0.3) is 0 Å². The Labute approximate surface area is 113 Å². The van der Waals surface area contributed by atoms with Crippen LogP contribution in [0, 0.1) is 5.41 Å². The van der Waals surface area contributed by atoms with E-state index in [9.17, 15) is 0 Å². The average molecular weight is 304 g/mol. The van der Waals surface area contributed by atoms with E-state index in [1.165, 1.54) is 11.1 Å². The summed E-state index contributed by atoms with van der Waals surface area (Å²) in [5.74, 6) is 0.564. The second-order valence-corrected chi connectivity index (χ2v) is 6.99. The second-order valence-electron chi connectivity index (χ2n) is 5.81. The number of alkyl halides is 1. The van der Waals surface area contributed by atoms with Crippen molar-refractivity contribution in [2.75, 3.05) is 0 Å². The number of halogens is 2. The Morgan fingerprint density at radius 2 is 1.69 bits per heavy atom. The molecule has 0 spiro atoms. The van der Waals surface area contributed by atoms with Crippen molar-refractivity contribution < 1.29 is 0 Å². The number of benzene rings is 1. The molecular weight excluding hydrogens is 284 g/mol. The number of rotatable bonds is 2. The third-order valence-electron chi connectivity index (χ3n) is 3.76. The van der Waals surface area contributed by atoms with E-state index >= 15 is 0 Å². The first-order valence-corrected chi connectivity index (χ1v) is 6.88. The summed E-state index contributed by atoms with van der Waals surface area (Å²) in [6.45, 7) is 11.4. The molecule has 16 heavy (non-hydrogen) atoms. The molecular formula is C14H20BrCl. The van der Waals surface area contributed by atoms with Crippen molar-refractivity contribution in [3.8, 4) is 0 Å². The van der Waals surface area contributed by atoms with Crippen molar-refractivity contribution >= 4 is 27.5 Å². The van der Waals surface area contributed by atoms with E-state index in [0.29, 0.717) is 5.88 Å². The van der Waals surface area contributed by atoms with Crippen LogP contribution in [0.2, 0.25) is 0 Å². The zero-order valence-electron chi connectivity index (χ0n) is 10.7. The van der Waals surface area contributed by atoms with E-state index in [1.54, 1.807) is 0 Å². The highest BCUT2D eigenvalue weighted by Gasteiger charge is 2.35. The molecule has 0 saturated carbocycles. The minimum Gasteiger partial charge on any atom is -0.122 e. The lowest BCUT2D eigenvalue weighted by Crippen LogP contribution is -2.34. The largest absolute Gasteiger partial charge is 0.122 e. The molecule has 1 aromatic rings. The van der Waals surface area contributed by atoms with Crippen LogP contribution in [0.1, 0.15) is 45.7 Å². The SMILES string of the molecule is CC(C)(C)C(C)(C)c1ccc(Br)cc1CCl. The van der Waals surface area contributed by atoms with E-state index in [4.69, 9.17) is 11.6 Å². The lowest BCUT2D eigenvalue weighted by atomic mass is 9.64. The van der Waals surface area contributed by atoms with Gasteiger partial charge in [-0.15, -0.1) is 11.6 Å². The fourth-order valence-electron chi connectivity index (χ4n) is 1.69. The van der Waals surface area contributed by atoms with Crippen molar-refractivity contribution in [3.63, 3.8) is 0 Å². The van der Waals surface area contributed by atoms with E-state index in [1.807, 2.05) is 0 Å². The van der Waals surface area contributed by atoms with Crippen molar-refractivity contribution in [1.29, 1.82) is 0 Å². The molecule has 0 nitrogen and oxygen atoms in total. The topological polar surface area (TPSA) is 0 Å². The van der Waals surface area contributed by atoms with Gasteiger partial charge in [-0.3, -0.25) is 0 Å². The summed E-state index contributed by atoms with van der Waals surface area (Å²) >= 11 is 9.53. The van der Waals surface area contributed by atoms with Gasteiger partial charge in [-0.25, -0.2) is 0 Å². The molecule has 0 radical (unpaired) electrons. The highest BCUT2D eigenvalue weighted by Crippen LogP contribution is 2.42. The summed E-state index contributed by atoms with van der Waals surface area (Å²) in [5, 5.41) is 0. The van der Waals surface area contributed by atoms with Gasteiger partial charge in [0.1, 0.15) is 0 Å². The Balaban J connectivity index is 3.33. The fraction of sp³-hybridized carbons (Fsp3) is 0.571. The fourth-order valence-corrected chi connectivity index (χ4v) is 2.32. The molecule has 0 bridgehead atoms. The minimum atomic E-state index is 0.109. The molecule has 0 aliphatic rings. The maximum atomic E-state index is 6.04. The molecule has 90 valence electrons. The van der Waals surface area contributed by atoms with Crippen molar-refractivity contribution in [2.45, 2.75) is 45.9 Å². The quantitative estimate of drug-likeness (QED) is 0.632. The van der Waals surface area contributed by atoms with E-state index < -0.39 is 0 Å². The van der Waals surface area contributed by atoms with Gasteiger partial charge in [-0.2, -0.15) is 0 Å². The average Bonchev–Trinajstić information content (AvgIpc) is 2.15. The van der Waals surface area contributed by atoms with E-state index in [-0.39, 0.29) is 10.8 Å². The molecule has 0 amide bonds. The van der Waals surface area contributed by atoms with Gasteiger partial charge in [0, 0.05) is 10.4 Å². The molecule has 0 aliphatic carbocycles. The van der Waals surface area contributed by atoms with Crippen LogP contribution in [0.15, 0.2) is 22.7 Å². The van der Waals surface area contributed by atoms with Gasteiger partial charge in [0.15, 0.2) is 0 Å². The van der Waals surface area contributed by atoms with Crippen LogP contribution in [0.4, 0.5) is 0 Å². The lowest BCUT2D eigenvalue weighted by Gasteiger charge is -2.40. The molecule has 0 N–H and O–H groups in total. The van der Waals surface area contributed by atoms with Gasteiger partial charge in [0.2, 0.25) is 0 Å². The Morgan fingerprint density at radius 1 is 1.12 bits per heavy atom. The Morgan fingerprint density at radius 3 is 2.12 bits per heavy atom. The van der Waals surface area contributed by atoms with E-state index in [2.05, 4.69) is 68.7 Å². The smallest absolute Gasteiger partial charge is 0.0477 e. The number of hydrogen-bond donors (Lipinski definition) is 0. The molecule has 0 aliphatic heterocycles. The van der Waals surface area contributed by atoms with E-state index in [0.717, 1.165) is 4.47 Å². The van der Waals surface area contributed by atoms with Crippen LogP contribution >= 0.6 is 27.5 Å². The standard InChI is InChI=1S/C14H20BrCl/c1-13(2,3)14(4,5)12-7-6-11(15)8-10(12)9-16/h6-8H,9H2,1-5H3. The van der Waals surface area contributed by atoms with Crippen LogP contribution in [0.5, 0.6) is 0 Å². The molecule has 0 heterocycles. The summed E-state index contributed by atoms with van der Waals surface area (Å²) in [6, 6.07) is 6.40. The molecule has 1 aromatic carbocycles. The molecule has 0 fully saturated rings. The highest BCUT2D eigenvalue weighted by molar-refractivity contribution is 9.10. The van der Waals surface area contributed by atoms with Crippen LogP contribution < -0.4 is 0 Å². The highest BCUT2D eigenvalue weighted by atomic mass is 79.9. The molecule has 0 unspecified atom stereocenters. The van der Waals surface area contributed by atoms with Gasteiger partial charge < -0.3 is 0 Å². The summed E-state index contributed by atoms with van der Waals surface area (Å²) in [6.07, 6.45) is 0. The summed E-state index contributed by atoms with van der Waals surface area (Å²) in [4.78, 5) is 0. The molecule has 2 heteroatoms. The molecule has 0 atom stereocenters. The van der Waals surface area contributed by atoms with Gasteiger partial charge >= 0.3 is 0 Å². The zero-order valence-corrected chi connectivity index (χ0v) is 13.0. The van der Waals surface area contributed by atoms with Crippen LogP contribution in [0.3, 0.4) is 0 Å². The first kappa shape index (κ1) is 14.1. The predicted octanol–water partition coefficient (Wildman–Crippen LogP) is 5.51. The molecule has 1 rings (SSSR count). The maximum absolute atomic E-state index is 6.04. The summed E-state index contributed by atoms with van der Waals surface area (Å²) in [7, 11) is 0. The minimum absolute atomic E-state index is 0.109. The third kappa shape index (κ3) is 2.62. The van der Waals surface area contributed by atoms with Gasteiger partial charge in [-0.05, 0) is 34.1 Å². The predicted molar refractivity (Wildman–Crippen MR) is 76.2 cm³/mol. The lowest BCUT2D eigenvalue weighted by molar-refractivity contribution is 0.224. The Kier molecular flexibility index (Phi) is 4.13. The second kappa shape index (κ2) is 4.70. The van der Waals surface area contributed by atoms with Gasteiger partial charge in [0.25, 0.3) is 0 Å². The van der Waals surface area contributed by atoms with Crippen molar-refractivity contribution in [2.24, 2.45) is 5.41 Å². The first-order chi connectivity index (χ1) is 7.20. The Hall–Kier alpha value is -0.0100. The zero-order chi connectivity index (χ0) is 12.6. The Bertz CT molecular complexity index is 375. The van der Waals surface area contributed by atoms with Gasteiger partial charge in [0.05, 0.1) is 0 Å². The first-order valence-electron chi connectivity index (χ1n) is 5.55. The van der Waals surface area contributed by atoms with Crippen molar-refractivity contribution in [3.05, 3.63) is 33.8 Å². The maximum Gasteiger partial charge on any atom is 0.0477 e. The molecule has 0 saturated heterocycles. The van der Waals surface area contributed by atoms with Gasteiger partial charge in [-0.1, -0.05) is 56.6 Å². The summed E-state index contributed by atoms with van der Waals surface area (Å²) in [5.41, 5.74) is 2.88. The molecule has 0 aromatic heterocycles. The normalized spacial score (nSPS) is 12.9. The third-order valence-corrected chi connectivity index (χ3v) is 4.54. The van der Waals surface area contributed by atoms with Crippen molar-refractivity contribution in [1.82, 2.24) is 0 Å². The summed E-state index contributed by atoms with van der Waals surface area (Å²) < 4.78 is 1.09.